The van der Waals surface area contributed by atoms with Gasteiger partial charge in [0, 0.05) is 12.1 Å². The van der Waals surface area contributed by atoms with Crippen molar-refractivity contribution in [2.45, 2.75) is 115 Å². The lowest BCUT2D eigenvalue weighted by Crippen LogP contribution is -2.61. The first-order valence-corrected chi connectivity index (χ1v) is 14.7. The molecule has 6 atom stereocenters. The third kappa shape index (κ3) is 5.56. The molecule has 3 aliphatic heterocycles. The van der Waals surface area contributed by atoms with E-state index < -0.39 is 46.6 Å². The van der Waals surface area contributed by atoms with E-state index in [9.17, 15) is 19.5 Å². The number of carbonyl (C=O) groups excluding carboxylic acids is 3. The van der Waals surface area contributed by atoms with Crippen molar-refractivity contribution < 1.29 is 29.0 Å². The van der Waals surface area contributed by atoms with Crippen LogP contribution in [-0.2, 0) is 23.9 Å². The summed E-state index contributed by atoms with van der Waals surface area (Å²) in [6, 6.07) is -1.50. The maximum absolute atomic E-state index is 14.5. The molecule has 0 aliphatic carbocycles. The quantitative estimate of drug-likeness (QED) is 0.199. The first-order chi connectivity index (χ1) is 18.3. The fraction of sp³-hybridized carbons (Fsp3) is 0.774. The lowest BCUT2D eigenvalue weighted by Gasteiger charge is -2.43. The summed E-state index contributed by atoms with van der Waals surface area (Å²) in [5, 5.41) is 10.5. The van der Waals surface area contributed by atoms with E-state index >= 15 is 0 Å². The number of ether oxygens (including phenoxy) is 2. The summed E-state index contributed by atoms with van der Waals surface area (Å²) in [5.41, 5.74) is -2.53. The average molecular weight is 547 g/mol. The van der Waals surface area contributed by atoms with E-state index in [1.807, 2.05) is 47.6 Å². The van der Waals surface area contributed by atoms with E-state index in [0.29, 0.717) is 38.6 Å². The predicted molar refractivity (Wildman–Crippen MR) is 151 cm³/mol. The zero-order chi connectivity index (χ0) is 29.2. The molecule has 2 bridgehead atoms. The highest BCUT2D eigenvalue weighted by molar-refractivity contribution is 5.99. The lowest BCUT2D eigenvalue weighted by molar-refractivity contribution is -0.165. The van der Waals surface area contributed by atoms with Crippen LogP contribution >= 0.6 is 0 Å². The number of nitrogens with zero attached hydrogens (tertiary/aromatic N) is 2. The molecule has 0 saturated carbocycles. The molecule has 0 aromatic rings. The number of aliphatic hydroxyl groups excluding tert-OH is 1. The number of amides is 2. The first kappa shape index (κ1) is 31.3. The molecule has 3 saturated heterocycles. The highest BCUT2D eigenvalue weighted by Crippen LogP contribution is 2.65. The third-order valence-electron chi connectivity index (χ3n) is 8.89. The van der Waals surface area contributed by atoms with Crippen molar-refractivity contribution in [3.05, 3.63) is 25.3 Å². The second-order valence-electron chi connectivity index (χ2n) is 12.9. The molecule has 8 nitrogen and oxygen atoms in total. The molecule has 3 aliphatic rings. The topological polar surface area (TPSA) is 96.4 Å². The van der Waals surface area contributed by atoms with Gasteiger partial charge in [0.1, 0.15) is 17.6 Å². The molecule has 1 spiro atoms. The maximum Gasteiger partial charge on any atom is 0.312 e. The molecule has 3 fully saturated rings. The number of aliphatic hydroxyl groups is 1. The Bertz CT molecular complexity index is 942. The molecule has 0 aromatic carbocycles. The standard InChI is InChI=1S/C31H50N2O6/c1-9-12-13-14-18-38-28(37)24-23-26(35)33(22(20-34)19-21(4)5)25(27(36)32(17-10-2)29(6,7)8)31(23)16-15-30(24,11-3)39-31/h9-10,21-25,34H,1-2,11-20H2,3-8H3/t22-,23+,24-,25?,30+,31?/m1/s1. The molecule has 3 rings (SSSR count). The van der Waals surface area contributed by atoms with E-state index in [0.717, 1.165) is 12.8 Å². The van der Waals surface area contributed by atoms with E-state index in [2.05, 4.69) is 13.2 Å². The lowest BCUT2D eigenvalue weighted by atomic mass is 9.65. The summed E-state index contributed by atoms with van der Waals surface area (Å²) in [7, 11) is 0. The van der Waals surface area contributed by atoms with Gasteiger partial charge in [-0.3, -0.25) is 14.4 Å². The SMILES string of the molecule is C=CCCCCOC(=O)[C@H]1[C@H]2C(=O)N([C@@H](CO)CC(C)C)C(C(=O)N(CC=C)C(C)(C)C)C23CC[C@]1(CC)O3. The summed E-state index contributed by atoms with van der Waals surface area (Å²) >= 11 is 0. The minimum atomic E-state index is -1.15. The van der Waals surface area contributed by atoms with E-state index in [-0.39, 0.29) is 30.9 Å². The van der Waals surface area contributed by atoms with Gasteiger partial charge in [-0.05, 0) is 71.6 Å². The number of unbranched alkanes of at least 4 members (excludes halogenated alkanes) is 2. The summed E-state index contributed by atoms with van der Waals surface area (Å²) in [6.07, 6.45) is 8.10. The van der Waals surface area contributed by atoms with Gasteiger partial charge < -0.3 is 24.4 Å². The van der Waals surface area contributed by atoms with Crippen molar-refractivity contribution in [3.8, 4) is 0 Å². The van der Waals surface area contributed by atoms with Gasteiger partial charge in [0.2, 0.25) is 11.8 Å². The van der Waals surface area contributed by atoms with Gasteiger partial charge >= 0.3 is 5.97 Å². The van der Waals surface area contributed by atoms with E-state index in [1.165, 1.54) is 0 Å². The number of rotatable bonds is 14. The molecular weight excluding hydrogens is 496 g/mol. The fourth-order valence-electron chi connectivity index (χ4n) is 7.13. The van der Waals surface area contributed by atoms with Crippen molar-refractivity contribution in [1.82, 2.24) is 9.80 Å². The molecule has 8 heteroatoms. The Morgan fingerprint density at radius 1 is 1.23 bits per heavy atom. The van der Waals surface area contributed by atoms with Crippen LogP contribution in [0.4, 0.5) is 0 Å². The normalized spacial score (nSPS) is 30.4. The molecule has 2 unspecified atom stereocenters. The maximum atomic E-state index is 14.5. The van der Waals surface area contributed by atoms with Gasteiger partial charge in [-0.15, -0.1) is 13.2 Å². The molecular formula is C31H50N2O6. The van der Waals surface area contributed by atoms with Gasteiger partial charge in [0.15, 0.2) is 0 Å². The minimum absolute atomic E-state index is 0.186. The number of likely N-dealkylation sites (tertiary alicyclic amines) is 1. The zero-order valence-electron chi connectivity index (χ0n) is 24.9. The summed E-state index contributed by atoms with van der Waals surface area (Å²) in [4.78, 5) is 45.9. The Kier molecular flexibility index (Phi) is 9.75. The monoisotopic (exact) mass is 546 g/mol. The number of fused-ring (bicyclic) bond motifs is 1. The van der Waals surface area contributed by atoms with Gasteiger partial charge in [-0.1, -0.05) is 32.9 Å². The van der Waals surface area contributed by atoms with Crippen molar-refractivity contribution in [2.75, 3.05) is 19.8 Å². The second-order valence-corrected chi connectivity index (χ2v) is 12.9. The van der Waals surface area contributed by atoms with E-state index in [1.54, 1.807) is 15.9 Å². The summed E-state index contributed by atoms with van der Waals surface area (Å²) in [5.74, 6) is -2.37. The molecule has 3 heterocycles. The number of hydrogen-bond donors (Lipinski definition) is 1. The predicted octanol–water partition coefficient (Wildman–Crippen LogP) is 4.26. The summed E-state index contributed by atoms with van der Waals surface area (Å²) < 4.78 is 12.6. The van der Waals surface area contributed by atoms with Crippen LogP contribution in [0.3, 0.4) is 0 Å². The van der Waals surface area contributed by atoms with Crippen LogP contribution in [0, 0.1) is 17.8 Å². The van der Waals surface area contributed by atoms with Gasteiger partial charge in [-0.25, -0.2) is 0 Å². The summed E-state index contributed by atoms with van der Waals surface area (Å²) in [6.45, 7) is 19.8. The van der Waals surface area contributed by atoms with Crippen LogP contribution in [0.15, 0.2) is 25.3 Å². The Labute approximate surface area is 234 Å². The van der Waals surface area contributed by atoms with Crippen LogP contribution < -0.4 is 0 Å². The highest BCUT2D eigenvalue weighted by atomic mass is 16.6. The Morgan fingerprint density at radius 2 is 1.92 bits per heavy atom. The third-order valence-corrected chi connectivity index (χ3v) is 8.89. The van der Waals surface area contributed by atoms with Crippen LogP contribution in [0.2, 0.25) is 0 Å². The molecule has 0 aromatic heterocycles. The van der Waals surface area contributed by atoms with Crippen LogP contribution in [0.25, 0.3) is 0 Å². The molecule has 2 amide bonds. The van der Waals surface area contributed by atoms with Crippen LogP contribution in [0.1, 0.15) is 86.5 Å². The number of allylic oxidation sites excluding steroid dienone is 1. The first-order valence-electron chi connectivity index (χ1n) is 14.7. The zero-order valence-corrected chi connectivity index (χ0v) is 24.9. The average Bonchev–Trinajstić information content (AvgIpc) is 3.48. The molecule has 220 valence electrons. The van der Waals surface area contributed by atoms with Crippen LogP contribution in [-0.4, -0.2) is 81.3 Å². The number of carbonyl (C=O) groups is 3. The number of hydrogen-bond acceptors (Lipinski definition) is 6. The van der Waals surface area contributed by atoms with Gasteiger partial charge in [0.05, 0.1) is 30.8 Å². The molecule has 39 heavy (non-hydrogen) atoms. The Balaban J connectivity index is 2.08. The highest BCUT2D eigenvalue weighted by Gasteiger charge is 2.79. The minimum Gasteiger partial charge on any atom is -0.465 e. The number of esters is 1. The largest absolute Gasteiger partial charge is 0.465 e. The molecule has 1 N–H and O–H groups in total. The van der Waals surface area contributed by atoms with Crippen molar-refractivity contribution in [3.63, 3.8) is 0 Å². The van der Waals surface area contributed by atoms with Gasteiger partial charge in [0.25, 0.3) is 0 Å². The fourth-order valence-corrected chi connectivity index (χ4v) is 7.13. The van der Waals surface area contributed by atoms with E-state index in [4.69, 9.17) is 9.47 Å². The smallest absolute Gasteiger partial charge is 0.312 e. The Morgan fingerprint density at radius 3 is 2.46 bits per heavy atom. The van der Waals surface area contributed by atoms with Gasteiger partial charge in [-0.2, -0.15) is 0 Å². The molecule has 0 radical (unpaired) electrons. The van der Waals surface area contributed by atoms with Crippen molar-refractivity contribution in [2.24, 2.45) is 17.8 Å². The van der Waals surface area contributed by atoms with Crippen molar-refractivity contribution >= 4 is 17.8 Å². The van der Waals surface area contributed by atoms with Crippen LogP contribution in [0.5, 0.6) is 0 Å². The van der Waals surface area contributed by atoms with Crippen molar-refractivity contribution in [1.29, 1.82) is 0 Å². The Hall–Kier alpha value is -2.19. The second kappa shape index (κ2) is 12.1.